The first-order valence-electron chi connectivity index (χ1n) is 20.8. The number of aromatic nitrogens is 1. The molecule has 60 heavy (non-hydrogen) atoms. The van der Waals surface area contributed by atoms with Crippen LogP contribution in [0.5, 0.6) is 0 Å². The summed E-state index contributed by atoms with van der Waals surface area (Å²) >= 11 is 0. The monoisotopic (exact) mass is 768 g/mol. The number of furan rings is 1. The summed E-state index contributed by atoms with van der Waals surface area (Å²) < 4.78 is 9.27. The van der Waals surface area contributed by atoms with E-state index in [2.05, 4.69) is 230 Å². The molecule has 1 aliphatic rings. The van der Waals surface area contributed by atoms with Crippen LogP contribution in [0.15, 0.2) is 211 Å². The van der Waals surface area contributed by atoms with Gasteiger partial charge in [-0.25, -0.2) is 0 Å². The second-order valence-corrected chi connectivity index (χ2v) is 16.5. The third-order valence-electron chi connectivity index (χ3n) is 12.8. The zero-order valence-electron chi connectivity index (χ0n) is 33.4. The van der Waals surface area contributed by atoms with Gasteiger partial charge in [0.2, 0.25) is 0 Å². The van der Waals surface area contributed by atoms with Gasteiger partial charge < -0.3 is 13.9 Å². The van der Waals surface area contributed by atoms with Gasteiger partial charge in [-0.2, -0.15) is 0 Å². The number of nitrogens with zero attached hydrogens (tertiary/aromatic N) is 2. The molecule has 2 heterocycles. The Morgan fingerprint density at radius 2 is 1.07 bits per heavy atom. The molecule has 3 nitrogen and oxygen atoms in total. The summed E-state index contributed by atoms with van der Waals surface area (Å²) in [5.74, 6) is 0. The van der Waals surface area contributed by atoms with Gasteiger partial charge in [-0.1, -0.05) is 159 Å². The molecule has 2 aromatic heterocycles. The third kappa shape index (κ3) is 5.09. The van der Waals surface area contributed by atoms with Gasteiger partial charge in [-0.05, 0) is 99.6 Å². The van der Waals surface area contributed by atoms with Crippen LogP contribution in [-0.4, -0.2) is 4.57 Å². The minimum absolute atomic E-state index is 0.160. The Labute approximate surface area is 349 Å². The summed E-state index contributed by atoms with van der Waals surface area (Å²) in [6, 6.07) is 74.8. The summed E-state index contributed by atoms with van der Waals surface area (Å²) in [5, 5.41) is 4.61. The normalized spacial score (nSPS) is 13.0. The van der Waals surface area contributed by atoms with E-state index in [0.29, 0.717) is 0 Å². The van der Waals surface area contributed by atoms with Crippen molar-refractivity contribution in [2.45, 2.75) is 19.3 Å². The molecule has 9 aromatic carbocycles. The van der Waals surface area contributed by atoms with Crippen LogP contribution in [0.3, 0.4) is 0 Å². The summed E-state index contributed by atoms with van der Waals surface area (Å²) in [6.45, 7) is 4.71. The smallest absolute Gasteiger partial charge is 0.138 e. The van der Waals surface area contributed by atoms with Crippen LogP contribution in [0.1, 0.15) is 25.0 Å². The predicted molar refractivity (Wildman–Crippen MR) is 251 cm³/mol. The van der Waals surface area contributed by atoms with Gasteiger partial charge in [0.1, 0.15) is 11.2 Å². The van der Waals surface area contributed by atoms with E-state index in [0.717, 1.165) is 55.8 Å². The molecule has 11 aromatic rings. The van der Waals surface area contributed by atoms with E-state index in [4.69, 9.17) is 4.42 Å². The van der Waals surface area contributed by atoms with Crippen molar-refractivity contribution in [3.63, 3.8) is 0 Å². The Kier molecular flexibility index (Phi) is 7.58. The fourth-order valence-electron chi connectivity index (χ4n) is 10.0. The van der Waals surface area contributed by atoms with Gasteiger partial charge in [-0.3, -0.25) is 0 Å². The molecule has 284 valence electrons. The Hall–Kier alpha value is -7.62. The number of benzene rings is 9. The van der Waals surface area contributed by atoms with Crippen LogP contribution in [0.2, 0.25) is 0 Å². The highest BCUT2D eigenvalue weighted by Gasteiger charge is 2.38. The van der Waals surface area contributed by atoms with Crippen LogP contribution in [0, 0.1) is 0 Å². The molecular weight excluding hydrogens is 729 g/mol. The quantitative estimate of drug-likeness (QED) is 0.168. The standard InChI is InChI=1S/C57H40N2O/c1-57(2)46-25-12-9-21-43(46)55-47(57)26-16-29-50(55)59(41-33-31-38(32-34-41)37-17-5-3-6-18-37)51-35-39(36-53-56(51)45-23-11-14-30-52(45)60-53)42-24-15-28-49-54(42)44-22-10-13-27-48(44)58(49)40-19-7-4-8-20-40/h3-36H,1-2H3. The van der Waals surface area contributed by atoms with Crippen molar-refractivity contribution in [3.05, 3.63) is 217 Å². The second-order valence-electron chi connectivity index (χ2n) is 16.5. The molecule has 0 radical (unpaired) electrons. The molecule has 0 saturated carbocycles. The first kappa shape index (κ1) is 34.4. The Morgan fingerprint density at radius 3 is 1.90 bits per heavy atom. The van der Waals surface area contributed by atoms with E-state index in [-0.39, 0.29) is 5.41 Å². The lowest BCUT2D eigenvalue weighted by Crippen LogP contribution is -2.16. The molecule has 12 rings (SSSR count). The highest BCUT2D eigenvalue weighted by molar-refractivity contribution is 6.19. The molecule has 0 spiro atoms. The zero-order chi connectivity index (χ0) is 40.0. The van der Waals surface area contributed by atoms with Crippen molar-refractivity contribution in [1.82, 2.24) is 4.57 Å². The fraction of sp³-hybridized carbons (Fsp3) is 0.0526. The van der Waals surface area contributed by atoms with Crippen LogP contribution in [-0.2, 0) is 5.41 Å². The maximum Gasteiger partial charge on any atom is 0.138 e. The van der Waals surface area contributed by atoms with E-state index in [1.54, 1.807) is 0 Å². The number of anilines is 3. The highest BCUT2D eigenvalue weighted by atomic mass is 16.3. The van der Waals surface area contributed by atoms with Gasteiger partial charge >= 0.3 is 0 Å². The zero-order valence-corrected chi connectivity index (χ0v) is 33.4. The Balaban J connectivity index is 1.18. The average molecular weight is 769 g/mol. The topological polar surface area (TPSA) is 21.3 Å². The lowest BCUT2D eigenvalue weighted by molar-refractivity contribution is 0.660. The predicted octanol–water partition coefficient (Wildman–Crippen LogP) is 15.8. The first-order valence-corrected chi connectivity index (χ1v) is 20.8. The summed E-state index contributed by atoms with van der Waals surface area (Å²) in [5.41, 5.74) is 18.2. The number of para-hydroxylation sites is 3. The van der Waals surface area contributed by atoms with E-state index < -0.39 is 0 Å². The lowest BCUT2D eigenvalue weighted by atomic mass is 9.82. The average Bonchev–Trinajstić information content (AvgIpc) is 3.93. The number of rotatable bonds is 6. The molecule has 0 fully saturated rings. The Morgan fingerprint density at radius 1 is 0.433 bits per heavy atom. The minimum atomic E-state index is -0.160. The van der Waals surface area contributed by atoms with Gasteiger partial charge in [0.15, 0.2) is 0 Å². The molecule has 3 heteroatoms. The van der Waals surface area contributed by atoms with Crippen molar-refractivity contribution in [2.75, 3.05) is 4.90 Å². The van der Waals surface area contributed by atoms with Gasteiger partial charge in [-0.15, -0.1) is 0 Å². The number of hydrogen-bond acceptors (Lipinski definition) is 2. The summed E-state index contributed by atoms with van der Waals surface area (Å²) in [7, 11) is 0. The number of fused-ring (bicyclic) bond motifs is 9. The van der Waals surface area contributed by atoms with E-state index in [9.17, 15) is 0 Å². The SMILES string of the molecule is CC1(C)c2ccccc2-c2c(N(c3ccc(-c4ccccc4)cc3)c3cc(-c4cccc5c4c4ccccc4n5-c4ccccc4)cc4oc5ccccc5c34)cccc21. The summed E-state index contributed by atoms with van der Waals surface area (Å²) in [4.78, 5) is 2.49. The van der Waals surface area contributed by atoms with Crippen LogP contribution >= 0.6 is 0 Å². The van der Waals surface area contributed by atoms with Crippen LogP contribution in [0.25, 0.3) is 82.8 Å². The molecule has 0 amide bonds. The first-order chi connectivity index (χ1) is 29.5. The lowest BCUT2D eigenvalue weighted by Gasteiger charge is -2.30. The van der Waals surface area contributed by atoms with E-state index in [1.807, 2.05) is 0 Å². The van der Waals surface area contributed by atoms with Crippen molar-refractivity contribution in [1.29, 1.82) is 0 Å². The molecule has 0 unspecified atom stereocenters. The van der Waals surface area contributed by atoms with E-state index >= 15 is 0 Å². The van der Waals surface area contributed by atoms with E-state index in [1.165, 1.54) is 55.2 Å². The Bertz CT molecular complexity index is 3450. The second kappa shape index (κ2) is 13.2. The van der Waals surface area contributed by atoms with Gasteiger partial charge in [0.05, 0.1) is 27.8 Å². The minimum Gasteiger partial charge on any atom is -0.456 e. The maximum atomic E-state index is 6.88. The van der Waals surface area contributed by atoms with Crippen LogP contribution < -0.4 is 4.90 Å². The van der Waals surface area contributed by atoms with Gasteiger partial charge in [0, 0.05) is 38.5 Å². The molecular formula is C57H40N2O. The largest absolute Gasteiger partial charge is 0.456 e. The van der Waals surface area contributed by atoms with Crippen molar-refractivity contribution in [3.8, 4) is 39.1 Å². The fourth-order valence-corrected chi connectivity index (χ4v) is 10.0. The van der Waals surface area contributed by atoms with Crippen molar-refractivity contribution >= 4 is 60.8 Å². The van der Waals surface area contributed by atoms with Crippen LogP contribution in [0.4, 0.5) is 17.1 Å². The molecule has 1 aliphatic carbocycles. The van der Waals surface area contributed by atoms with Crippen molar-refractivity contribution < 1.29 is 4.42 Å². The molecule has 0 bridgehead atoms. The molecule has 0 aliphatic heterocycles. The molecule has 0 saturated heterocycles. The van der Waals surface area contributed by atoms with Gasteiger partial charge in [0.25, 0.3) is 0 Å². The van der Waals surface area contributed by atoms with Crippen molar-refractivity contribution in [2.24, 2.45) is 0 Å². The molecule has 0 N–H and O–H groups in total. The third-order valence-corrected chi connectivity index (χ3v) is 12.8. The summed E-state index contributed by atoms with van der Waals surface area (Å²) in [6.07, 6.45) is 0. The maximum absolute atomic E-state index is 6.88. The number of hydrogen-bond donors (Lipinski definition) is 0. The highest BCUT2D eigenvalue weighted by Crippen LogP contribution is 2.56. The molecule has 0 atom stereocenters.